The van der Waals surface area contributed by atoms with Crippen molar-refractivity contribution in [1.29, 1.82) is 0 Å². The van der Waals surface area contributed by atoms with Gasteiger partial charge in [-0.25, -0.2) is 4.39 Å². The topological polar surface area (TPSA) is 51.2 Å². The fraction of sp³-hybridized carbons (Fsp3) is 0.400. The molecule has 132 valence electrons. The summed E-state index contributed by atoms with van der Waals surface area (Å²) in [4.78, 5) is 16.2. The Labute approximate surface area is 147 Å². The number of carbonyl (C=O) groups is 1. The minimum Gasteiger partial charge on any atom is -0.379 e. The van der Waals surface area contributed by atoms with Gasteiger partial charge in [0, 0.05) is 24.7 Å². The van der Waals surface area contributed by atoms with Crippen LogP contribution in [0.4, 0.5) is 4.39 Å². The van der Waals surface area contributed by atoms with Gasteiger partial charge in [-0.2, -0.15) is 0 Å². The molecule has 25 heavy (non-hydrogen) atoms. The van der Waals surface area contributed by atoms with E-state index in [1.807, 2.05) is 12.1 Å². The Bertz CT molecular complexity index is 676. The lowest BCUT2D eigenvalue weighted by Crippen LogP contribution is -2.40. The standard InChI is InChI=1S/C20H23FN2O2/c21-18-6-4-15(5-7-18)2-1-3-20(24)23-19-14-25-13-17(19)12-16-8-10-22-11-9-16/h4-11,17,19H,1-3,12-14H2,(H,23,24)/t17-,19+/m1/s1. The average Bonchev–Trinajstić information content (AvgIpc) is 3.04. The minimum absolute atomic E-state index is 0.0531. The first-order valence-electron chi connectivity index (χ1n) is 8.71. The van der Waals surface area contributed by atoms with Crippen LogP contribution in [-0.2, 0) is 22.4 Å². The van der Waals surface area contributed by atoms with Crippen LogP contribution in [0.15, 0.2) is 48.8 Å². The molecule has 1 aromatic carbocycles. The number of hydrogen-bond acceptors (Lipinski definition) is 3. The molecule has 2 aromatic rings. The van der Waals surface area contributed by atoms with Gasteiger partial charge in [-0.1, -0.05) is 12.1 Å². The summed E-state index contributed by atoms with van der Waals surface area (Å²) in [6.45, 7) is 1.24. The van der Waals surface area contributed by atoms with E-state index < -0.39 is 0 Å². The summed E-state index contributed by atoms with van der Waals surface area (Å²) in [6.07, 6.45) is 6.44. The van der Waals surface area contributed by atoms with E-state index in [2.05, 4.69) is 10.3 Å². The summed E-state index contributed by atoms with van der Waals surface area (Å²) in [5.41, 5.74) is 2.26. The van der Waals surface area contributed by atoms with Crippen LogP contribution in [0.5, 0.6) is 0 Å². The molecular formula is C20H23FN2O2. The molecule has 0 saturated carbocycles. The highest BCUT2D eigenvalue weighted by atomic mass is 19.1. The minimum atomic E-state index is -0.233. The predicted octanol–water partition coefficient (Wildman–Crippen LogP) is 2.92. The lowest BCUT2D eigenvalue weighted by Gasteiger charge is -2.19. The molecule has 4 nitrogen and oxygen atoms in total. The smallest absolute Gasteiger partial charge is 0.220 e. The number of nitrogens with one attached hydrogen (secondary N) is 1. The quantitative estimate of drug-likeness (QED) is 0.842. The lowest BCUT2D eigenvalue weighted by atomic mass is 9.95. The van der Waals surface area contributed by atoms with Crippen molar-refractivity contribution in [2.24, 2.45) is 5.92 Å². The number of carbonyl (C=O) groups excluding carboxylic acids is 1. The van der Waals surface area contributed by atoms with Crippen LogP contribution in [0, 0.1) is 11.7 Å². The number of aromatic nitrogens is 1. The van der Waals surface area contributed by atoms with Crippen molar-refractivity contribution in [3.8, 4) is 0 Å². The molecule has 3 rings (SSSR count). The third kappa shape index (κ3) is 5.36. The highest BCUT2D eigenvalue weighted by Crippen LogP contribution is 2.19. The van der Waals surface area contributed by atoms with Gasteiger partial charge in [0.1, 0.15) is 5.82 Å². The maximum atomic E-state index is 12.9. The molecule has 1 fully saturated rings. The Balaban J connectivity index is 1.42. The van der Waals surface area contributed by atoms with Crippen LogP contribution in [0.1, 0.15) is 24.0 Å². The fourth-order valence-corrected chi connectivity index (χ4v) is 3.16. The zero-order valence-corrected chi connectivity index (χ0v) is 14.2. The molecule has 1 N–H and O–H groups in total. The van der Waals surface area contributed by atoms with Crippen LogP contribution >= 0.6 is 0 Å². The molecule has 2 heterocycles. The molecule has 0 spiro atoms. The number of hydrogen-bond donors (Lipinski definition) is 1. The first-order chi connectivity index (χ1) is 12.2. The van der Waals surface area contributed by atoms with Crippen molar-refractivity contribution in [2.75, 3.05) is 13.2 Å². The van der Waals surface area contributed by atoms with Crippen LogP contribution < -0.4 is 5.32 Å². The van der Waals surface area contributed by atoms with E-state index in [0.717, 1.165) is 24.8 Å². The Kier molecular flexibility index (Phi) is 6.12. The first-order valence-corrected chi connectivity index (χ1v) is 8.71. The zero-order valence-electron chi connectivity index (χ0n) is 14.2. The molecule has 5 heteroatoms. The molecule has 0 radical (unpaired) electrons. The SMILES string of the molecule is O=C(CCCc1ccc(F)cc1)N[C@H]1COC[C@H]1Cc1ccncc1. The second-order valence-electron chi connectivity index (χ2n) is 6.51. The van der Waals surface area contributed by atoms with Gasteiger partial charge in [0.05, 0.1) is 19.3 Å². The summed E-state index contributed by atoms with van der Waals surface area (Å²) in [5, 5.41) is 3.11. The number of pyridine rings is 1. The van der Waals surface area contributed by atoms with Crippen LogP contribution in [-0.4, -0.2) is 30.1 Å². The van der Waals surface area contributed by atoms with Gasteiger partial charge < -0.3 is 10.1 Å². The van der Waals surface area contributed by atoms with Crippen molar-refractivity contribution < 1.29 is 13.9 Å². The summed E-state index contributed by atoms with van der Waals surface area (Å²) >= 11 is 0. The van der Waals surface area contributed by atoms with Crippen molar-refractivity contribution in [2.45, 2.75) is 31.7 Å². The third-order valence-corrected chi connectivity index (χ3v) is 4.57. The van der Waals surface area contributed by atoms with Gasteiger partial charge in [-0.15, -0.1) is 0 Å². The molecule has 0 bridgehead atoms. The van der Waals surface area contributed by atoms with Crippen molar-refractivity contribution in [3.63, 3.8) is 0 Å². The van der Waals surface area contributed by atoms with Gasteiger partial charge in [0.15, 0.2) is 0 Å². The monoisotopic (exact) mass is 342 g/mol. The second kappa shape index (κ2) is 8.72. The second-order valence-corrected chi connectivity index (χ2v) is 6.51. The number of aryl methyl sites for hydroxylation is 1. The van der Waals surface area contributed by atoms with Crippen molar-refractivity contribution in [3.05, 3.63) is 65.7 Å². The Morgan fingerprint density at radius 1 is 1.12 bits per heavy atom. The first kappa shape index (κ1) is 17.5. The number of halogens is 1. The maximum Gasteiger partial charge on any atom is 0.220 e. The molecular weight excluding hydrogens is 319 g/mol. The van der Waals surface area contributed by atoms with Crippen molar-refractivity contribution >= 4 is 5.91 Å². The summed E-state index contributed by atoms with van der Waals surface area (Å²) in [6, 6.07) is 10.5. The molecule has 0 unspecified atom stereocenters. The fourth-order valence-electron chi connectivity index (χ4n) is 3.16. The number of nitrogens with zero attached hydrogens (tertiary/aromatic N) is 1. The molecule has 1 saturated heterocycles. The highest BCUT2D eigenvalue weighted by molar-refractivity contribution is 5.76. The average molecular weight is 342 g/mol. The zero-order chi connectivity index (χ0) is 17.5. The summed E-state index contributed by atoms with van der Waals surface area (Å²) < 4.78 is 18.4. The Morgan fingerprint density at radius 3 is 2.64 bits per heavy atom. The predicted molar refractivity (Wildman–Crippen MR) is 93.5 cm³/mol. The lowest BCUT2D eigenvalue weighted by molar-refractivity contribution is -0.122. The number of benzene rings is 1. The Morgan fingerprint density at radius 2 is 1.88 bits per heavy atom. The van der Waals surface area contributed by atoms with Gasteiger partial charge >= 0.3 is 0 Å². The van der Waals surface area contributed by atoms with Gasteiger partial charge in [-0.05, 0) is 54.7 Å². The summed E-state index contributed by atoms with van der Waals surface area (Å²) in [7, 11) is 0. The van der Waals surface area contributed by atoms with E-state index in [1.54, 1.807) is 24.5 Å². The maximum absolute atomic E-state index is 12.9. The molecule has 2 atom stereocenters. The third-order valence-electron chi connectivity index (χ3n) is 4.57. The van der Waals surface area contributed by atoms with Gasteiger partial charge in [0.25, 0.3) is 0 Å². The molecule has 1 amide bonds. The van der Waals surface area contributed by atoms with E-state index in [-0.39, 0.29) is 17.8 Å². The van der Waals surface area contributed by atoms with E-state index in [1.165, 1.54) is 17.7 Å². The molecule has 0 aliphatic carbocycles. The van der Waals surface area contributed by atoms with Crippen LogP contribution in [0.25, 0.3) is 0 Å². The molecule has 1 aromatic heterocycles. The Hall–Kier alpha value is -2.27. The van der Waals surface area contributed by atoms with Crippen LogP contribution in [0.2, 0.25) is 0 Å². The number of ether oxygens (including phenoxy) is 1. The highest BCUT2D eigenvalue weighted by Gasteiger charge is 2.29. The van der Waals surface area contributed by atoms with Gasteiger partial charge in [-0.3, -0.25) is 9.78 Å². The molecule has 1 aliphatic rings. The van der Waals surface area contributed by atoms with E-state index >= 15 is 0 Å². The van der Waals surface area contributed by atoms with Crippen molar-refractivity contribution in [1.82, 2.24) is 10.3 Å². The molecule has 1 aliphatic heterocycles. The largest absolute Gasteiger partial charge is 0.379 e. The van der Waals surface area contributed by atoms with Gasteiger partial charge in [0.2, 0.25) is 5.91 Å². The van der Waals surface area contributed by atoms with Crippen LogP contribution in [0.3, 0.4) is 0 Å². The van der Waals surface area contributed by atoms with E-state index in [9.17, 15) is 9.18 Å². The number of rotatable bonds is 7. The van der Waals surface area contributed by atoms with E-state index in [0.29, 0.717) is 25.6 Å². The van der Waals surface area contributed by atoms with E-state index in [4.69, 9.17) is 4.74 Å². The summed E-state index contributed by atoms with van der Waals surface area (Å²) in [5.74, 6) is 0.115. The normalized spacial score (nSPS) is 19.7. The number of amides is 1.